The molecular formula is C15H25N3O. The number of hydrogen-bond acceptors (Lipinski definition) is 3. The molecule has 106 valence electrons. The van der Waals surface area contributed by atoms with Gasteiger partial charge >= 0.3 is 0 Å². The fourth-order valence-corrected chi connectivity index (χ4v) is 1.84. The Morgan fingerprint density at radius 2 is 1.95 bits per heavy atom. The van der Waals surface area contributed by atoms with Gasteiger partial charge in [-0.1, -0.05) is 0 Å². The Morgan fingerprint density at radius 1 is 1.26 bits per heavy atom. The molecule has 0 amide bonds. The quantitative estimate of drug-likeness (QED) is 0.887. The highest BCUT2D eigenvalue weighted by molar-refractivity contribution is 5.84. The molecule has 4 nitrogen and oxygen atoms in total. The minimum Gasteiger partial charge on any atom is -0.497 e. The summed E-state index contributed by atoms with van der Waals surface area (Å²) in [6.07, 6.45) is 3.16. The van der Waals surface area contributed by atoms with Gasteiger partial charge in [0.2, 0.25) is 0 Å². The highest BCUT2D eigenvalue weighted by Gasteiger charge is 2.04. The zero-order valence-corrected chi connectivity index (χ0v) is 12.6. The third-order valence-corrected chi connectivity index (χ3v) is 2.80. The molecule has 0 aliphatic carbocycles. The van der Waals surface area contributed by atoms with Crippen molar-refractivity contribution in [2.75, 3.05) is 41.8 Å². The Morgan fingerprint density at radius 3 is 2.53 bits per heavy atom. The van der Waals surface area contributed by atoms with Crippen molar-refractivity contribution in [1.29, 1.82) is 0 Å². The highest BCUT2D eigenvalue weighted by Crippen LogP contribution is 2.23. The molecule has 0 aliphatic heterocycles. The summed E-state index contributed by atoms with van der Waals surface area (Å²) in [5, 5.41) is 4.04. The Balaban J connectivity index is 0.000000550. The van der Waals surface area contributed by atoms with Crippen molar-refractivity contribution in [3.05, 3.63) is 30.0 Å². The predicted molar refractivity (Wildman–Crippen MR) is 82.1 cm³/mol. The SMILES string of the molecule is CNC.COc1ccc2c(CCN(C)C)c[nH]c2c1. The van der Waals surface area contributed by atoms with Crippen LogP contribution < -0.4 is 10.1 Å². The highest BCUT2D eigenvalue weighted by atomic mass is 16.5. The van der Waals surface area contributed by atoms with E-state index in [2.05, 4.69) is 41.6 Å². The molecule has 0 saturated heterocycles. The summed E-state index contributed by atoms with van der Waals surface area (Å²) in [7, 11) is 9.63. The van der Waals surface area contributed by atoms with Gasteiger partial charge in [0.05, 0.1) is 7.11 Å². The molecule has 0 atom stereocenters. The van der Waals surface area contributed by atoms with Crippen LogP contribution in [0.25, 0.3) is 10.9 Å². The molecule has 2 aromatic rings. The number of ether oxygens (including phenoxy) is 1. The summed E-state index contributed by atoms with van der Waals surface area (Å²) in [5.41, 5.74) is 2.51. The van der Waals surface area contributed by atoms with Crippen molar-refractivity contribution in [2.45, 2.75) is 6.42 Å². The van der Waals surface area contributed by atoms with Crippen LogP contribution >= 0.6 is 0 Å². The molecule has 0 fully saturated rings. The lowest BCUT2D eigenvalue weighted by atomic mass is 10.1. The first-order valence-corrected chi connectivity index (χ1v) is 6.49. The van der Waals surface area contributed by atoms with E-state index in [9.17, 15) is 0 Å². The molecule has 0 unspecified atom stereocenters. The second kappa shape index (κ2) is 7.81. The second-order valence-corrected chi connectivity index (χ2v) is 4.78. The van der Waals surface area contributed by atoms with Crippen molar-refractivity contribution in [2.24, 2.45) is 0 Å². The van der Waals surface area contributed by atoms with E-state index in [4.69, 9.17) is 4.74 Å². The van der Waals surface area contributed by atoms with Gasteiger partial charge in [-0.3, -0.25) is 0 Å². The number of hydrogen-bond donors (Lipinski definition) is 2. The molecular weight excluding hydrogens is 238 g/mol. The maximum atomic E-state index is 5.20. The van der Waals surface area contributed by atoms with Gasteiger partial charge in [0.15, 0.2) is 0 Å². The van der Waals surface area contributed by atoms with Crippen LogP contribution in [-0.4, -0.2) is 51.7 Å². The number of aromatic nitrogens is 1. The number of likely N-dealkylation sites (N-methyl/N-ethyl adjacent to an activating group) is 1. The number of H-pyrrole nitrogens is 1. The summed E-state index contributed by atoms with van der Waals surface area (Å²) in [5.74, 6) is 0.897. The van der Waals surface area contributed by atoms with Gasteiger partial charge in [-0.25, -0.2) is 0 Å². The number of benzene rings is 1. The fourth-order valence-electron chi connectivity index (χ4n) is 1.84. The normalized spacial score (nSPS) is 10.4. The molecule has 0 saturated carbocycles. The van der Waals surface area contributed by atoms with Crippen LogP contribution in [-0.2, 0) is 6.42 Å². The van der Waals surface area contributed by atoms with Gasteiger partial charge in [0.25, 0.3) is 0 Å². The van der Waals surface area contributed by atoms with E-state index < -0.39 is 0 Å². The van der Waals surface area contributed by atoms with Crippen LogP contribution in [0.3, 0.4) is 0 Å². The molecule has 0 spiro atoms. The molecule has 1 heterocycles. The maximum absolute atomic E-state index is 5.20. The summed E-state index contributed by atoms with van der Waals surface area (Å²) in [6, 6.07) is 6.17. The minimum atomic E-state index is 0.897. The lowest BCUT2D eigenvalue weighted by Crippen LogP contribution is -2.14. The van der Waals surface area contributed by atoms with Gasteiger partial charge in [-0.2, -0.15) is 0 Å². The van der Waals surface area contributed by atoms with Crippen LogP contribution in [0, 0.1) is 0 Å². The third-order valence-electron chi connectivity index (χ3n) is 2.80. The average molecular weight is 263 g/mol. The number of aromatic amines is 1. The van der Waals surface area contributed by atoms with Crippen LogP contribution in [0.1, 0.15) is 5.56 Å². The fraction of sp³-hybridized carbons (Fsp3) is 0.467. The lowest BCUT2D eigenvalue weighted by molar-refractivity contribution is 0.414. The van der Waals surface area contributed by atoms with E-state index in [1.807, 2.05) is 26.2 Å². The van der Waals surface area contributed by atoms with E-state index in [1.165, 1.54) is 10.9 Å². The molecule has 0 radical (unpaired) electrons. The van der Waals surface area contributed by atoms with Gasteiger partial charge < -0.3 is 19.9 Å². The largest absolute Gasteiger partial charge is 0.497 e. The van der Waals surface area contributed by atoms with Crippen molar-refractivity contribution >= 4 is 10.9 Å². The predicted octanol–water partition coefficient (Wildman–Crippen LogP) is 2.12. The minimum absolute atomic E-state index is 0.897. The molecule has 1 aromatic heterocycles. The Labute approximate surface area is 115 Å². The monoisotopic (exact) mass is 263 g/mol. The van der Waals surface area contributed by atoms with E-state index >= 15 is 0 Å². The first-order chi connectivity index (χ1) is 9.12. The number of methoxy groups -OCH3 is 1. The molecule has 1 aromatic carbocycles. The molecule has 2 N–H and O–H groups in total. The smallest absolute Gasteiger partial charge is 0.120 e. The number of fused-ring (bicyclic) bond motifs is 1. The summed E-state index contributed by atoms with van der Waals surface area (Å²) in [6.45, 7) is 1.07. The Hall–Kier alpha value is -1.52. The van der Waals surface area contributed by atoms with Crippen LogP contribution in [0.5, 0.6) is 5.75 Å². The average Bonchev–Trinajstić information content (AvgIpc) is 2.79. The van der Waals surface area contributed by atoms with Gasteiger partial charge in [0.1, 0.15) is 5.75 Å². The van der Waals surface area contributed by atoms with Gasteiger partial charge in [0, 0.05) is 29.7 Å². The lowest BCUT2D eigenvalue weighted by Gasteiger charge is -2.08. The summed E-state index contributed by atoms with van der Waals surface area (Å²) in [4.78, 5) is 5.48. The van der Waals surface area contributed by atoms with Crippen molar-refractivity contribution < 1.29 is 4.74 Å². The number of nitrogens with one attached hydrogen (secondary N) is 2. The molecule has 4 heteroatoms. The zero-order valence-electron chi connectivity index (χ0n) is 12.6. The van der Waals surface area contributed by atoms with Crippen molar-refractivity contribution in [1.82, 2.24) is 15.2 Å². The van der Waals surface area contributed by atoms with Crippen LogP contribution in [0.2, 0.25) is 0 Å². The van der Waals surface area contributed by atoms with E-state index in [1.54, 1.807) is 7.11 Å². The van der Waals surface area contributed by atoms with Crippen LogP contribution in [0.4, 0.5) is 0 Å². The maximum Gasteiger partial charge on any atom is 0.120 e. The van der Waals surface area contributed by atoms with Crippen LogP contribution in [0.15, 0.2) is 24.4 Å². The Kier molecular flexibility index (Phi) is 6.39. The van der Waals surface area contributed by atoms with Crippen molar-refractivity contribution in [3.8, 4) is 5.75 Å². The molecule has 2 rings (SSSR count). The zero-order chi connectivity index (χ0) is 14.3. The summed E-state index contributed by atoms with van der Waals surface area (Å²) >= 11 is 0. The third kappa shape index (κ3) is 4.58. The molecule has 0 aliphatic rings. The van der Waals surface area contributed by atoms with E-state index in [0.29, 0.717) is 0 Å². The topological polar surface area (TPSA) is 40.3 Å². The van der Waals surface area contributed by atoms with Gasteiger partial charge in [-0.15, -0.1) is 0 Å². The first kappa shape index (κ1) is 15.5. The van der Waals surface area contributed by atoms with Gasteiger partial charge in [-0.05, 0) is 52.3 Å². The van der Waals surface area contributed by atoms with E-state index in [0.717, 1.165) is 24.2 Å². The van der Waals surface area contributed by atoms with Crippen molar-refractivity contribution in [3.63, 3.8) is 0 Å². The number of nitrogens with zero attached hydrogens (tertiary/aromatic N) is 1. The van der Waals surface area contributed by atoms with E-state index in [-0.39, 0.29) is 0 Å². The standard InChI is InChI=1S/C13H18N2O.C2H7N/c1-15(2)7-6-10-9-14-13-8-11(16-3)4-5-12(10)13;1-3-2/h4-5,8-9,14H,6-7H2,1-3H3;3H,1-2H3. The second-order valence-electron chi connectivity index (χ2n) is 4.78. The molecule has 19 heavy (non-hydrogen) atoms. The Bertz CT molecular complexity index is 491. The number of rotatable bonds is 4. The first-order valence-electron chi connectivity index (χ1n) is 6.49. The summed E-state index contributed by atoms with van der Waals surface area (Å²) < 4.78 is 5.20. The molecule has 0 bridgehead atoms.